The van der Waals surface area contributed by atoms with E-state index in [1.165, 1.54) is 0 Å². The van der Waals surface area contributed by atoms with E-state index >= 15 is 0 Å². The summed E-state index contributed by atoms with van der Waals surface area (Å²) in [5, 5.41) is 14.6. The van der Waals surface area contributed by atoms with E-state index in [9.17, 15) is 9.59 Å². The molecule has 0 saturated heterocycles. The molecule has 6 heteroatoms. The molecule has 0 aliphatic heterocycles. The molecule has 1 rings (SSSR count). The number of nitrogens with one attached hydrogen (secondary N) is 2. The number of aliphatic carboxylic acids is 1. The maximum Gasteiger partial charge on any atom is 0.315 e. The van der Waals surface area contributed by atoms with Gasteiger partial charge in [0.25, 0.3) is 0 Å². The van der Waals surface area contributed by atoms with Gasteiger partial charge in [-0.3, -0.25) is 4.79 Å². The molecular weight excluding hydrogens is 248 g/mol. The largest absolute Gasteiger partial charge is 0.481 e. The van der Waals surface area contributed by atoms with Gasteiger partial charge >= 0.3 is 12.0 Å². The van der Waals surface area contributed by atoms with Crippen molar-refractivity contribution in [2.24, 2.45) is 5.92 Å². The van der Waals surface area contributed by atoms with Crippen LogP contribution in [0, 0.1) is 5.92 Å². The second-order valence-electron chi connectivity index (χ2n) is 5.19. The van der Waals surface area contributed by atoms with Crippen molar-refractivity contribution in [1.29, 1.82) is 0 Å². The zero-order chi connectivity index (χ0) is 14.3. The van der Waals surface area contributed by atoms with Crippen LogP contribution in [0.1, 0.15) is 39.0 Å². The van der Waals surface area contributed by atoms with E-state index in [1.54, 1.807) is 7.11 Å². The highest BCUT2D eigenvalue weighted by Crippen LogP contribution is 2.24. The Hall–Kier alpha value is -1.30. The number of hydrogen-bond acceptors (Lipinski definition) is 3. The van der Waals surface area contributed by atoms with Crippen LogP contribution in [0.15, 0.2) is 0 Å². The predicted molar refractivity (Wildman–Crippen MR) is 71.0 cm³/mol. The third-order valence-electron chi connectivity index (χ3n) is 3.54. The van der Waals surface area contributed by atoms with Crippen molar-refractivity contribution in [2.75, 3.05) is 13.7 Å². The topological polar surface area (TPSA) is 87.7 Å². The van der Waals surface area contributed by atoms with Crippen LogP contribution in [0.3, 0.4) is 0 Å². The van der Waals surface area contributed by atoms with Crippen LogP contribution in [0.5, 0.6) is 0 Å². The summed E-state index contributed by atoms with van der Waals surface area (Å²) in [5.41, 5.74) is 0. The molecule has 0 spiro atoms. The summed E-state index contributed by atoms with van der Waals surface area (Å²) in [5.74, 6) is -0.974. The minimum absolute atomic E-state index is 0.0651. The first kappa shape index (κ1) is 15.8. The molecule has 2 amide bonds. The number of hydrogen-bond donors (Lipinski definition) is 3. The highest BCUT2D eigenvalue weighted by Gasteiger charge is 2.26. The van der Waals surface area contributed by atoms with Gasteiger partial charge in [0.15, 0.2) is 0 Å². The zero-order valence-corrected chi connectivity index (χ0v) is 11.6. The van der Waals surface area contributed by atoms with Gasteiger partial charge in [-0.25, -0.2) is 4.79 Å². The van der Waals surface area contributed by atoms with Crippen LogP contribution in [-0.4, -0.2) is 42.9 Å². The summed E-state index contributed by atoms with van der Waals surface area (Å²) in [6.45, 7) is 2.55. The highest BCUT2D eigenvalue weighted by molar-refractivity contribution is 5.74. The van der Waals surface area contributed by atoms with Crippen LogP contribution in [0.25, 0.3) is 0 Å². The molecule has 0 aromatic heterocycles. The molecule has 1 saturated carbocycles. The Morgan fingerprint density at radius 3 is 2.47 bits per heavy atom. The van der Waals surface area contributed by atoms with Gasteiger partial charge in [0, 0.05) is 25.8 Å². The zero-order valence-electron chi connectivity index (χ0n) is 11.6. The minimum atomic E-state index is -0.726. The maximum absolute atomic E-state index is 11.7. The molecule has 0 aromatic rings. The van der Waals surface area contributed by atoms with E-state index in [0.717, 1.165) is 19.3 Å². The number of ether oxygens (including phenoxy) is 1. The molecule has 6 nitrogen and oxygen atoms in total. The molecule has 19 heavy (non-hydrogen) atoms. The lowest BCUT2D eigenvalue weighted by atomic mass is 9.86. The average Bonchev–Trinajstić information content (AvgIpc) is 2.36. The molecule has 0 radical (unpaired) electrons. The Morgan fingerprint density at radius 1 is 1.32 bits per heavy atom. The molecular formula is C13H24N2O4. The van der Waals surface area contributed by atoms with Crippen LogP contribution in [0.4, 0.5) is 4.79 Å². The number of carboxylic acid groups (broad SMARTS) is 1. The lowest BCUT2D eigenvalue weighted by molar-refractivity contribution is -0.142. The monoisotopic (exact) mass is 272 g/mol. The molecule has 0 aromatic carbocycles. The molecule has 1 aliphatic carbocycles. The molecule has 1 aliphatic rings. The van der Waals surface area contributed by atoms with Gasteiger partial charge in [-0.15, -0.1) is 0 Å². The van der Waals surface area contributed by atoms with Crippen molar-refractivity contribution in [2.45, 2.75) is 51.1 Å². The summed E-state index contributed by atoms with van der Waals surface area (Å²) in [6, 6.07) is -0.0251. The number of urea groups is 1. The Balaban J connectivity index is 2.21. The summed E-state index contributed by atoms with van der Waals surface area (Å²) >= 11 is 0. The maximum atomic E-state index is 11.7. The van der Waals surface area contributed by atoms with Gasteiger partial charge in [-0.1, -0.05) is 0 Å². The minimum Gasteiger partial charge on any atom is -0.481 e. The van der Waals surface area contributed by atoms with E-state index in [1.807, 2.05) is 6.92 Å². The number of carbonyl (C=O) groups is 2. The molecule has 1 atom stereocenters. The molecule has 1 fully saturated rings. The van der Waals surface area contributed by atoms with Gasteiger partial charge in [-0.2, -0.15) is 0 Å². The summed E-state index contributed by atoms with van der Waals surface area (Å²) in [4.78, 5) is 22.5. The van der Waals surface area contributed by atoms with Crippen molar-refractivity contribution < 1.29 is 19.4 Å². The summed E-state index contributed by atoms with van der Waals surface area (Å²) in [6.07, 6.45) is 3.52. The van der Waals surface area contributed by atoms with Crippen LogP contribution in [0.2, 0.25) is 0 Å². The Kier molecular flexibility index (Phi) is 6.62. The van der Waals surface area contributed by atoms with Crippen molar-refractivity contribution in [3.05, 3.63) is 0 Å². The number of methoxy groups -OCH3 is 1. The van der Waals surface area contributed by atoms with Crippen molar-refractivity contribution >= 4 is 12.0 Å². The van der Waals surface area contributed by atoms with E-state index in [2.05, 4.69) is 10.6 Å². The van der Waals surface area contributed by atoms with Gasteiger partial charge in [0.2, 0.25) is 0 Å². The van der Waals surface area contributed by atoms with Crippen LogP contribution < -0.4 is 10.6 Å². The highest BCUT2D eigenvalue weighted by atomic mass is 16.5. The normalized spacial score (nSPS) is 24.5. The number of carboxylic acids is 1. The van der Waals surface area contributed by atoms with Crippen LogP contribution in [-0.2, 0) is 9.53 Å². The average molecular weight is 272 g/mol. The summed E-state index contributed by atoms with van der Waals surface area (Å²) < 4.78 is 4.95. The SMILES string of the molecule is COCCC(C)NC(=O)NC1CCC(C(=O)O)CC1. The van der Waals surface area contributed by atoms with E-state index < -0.39 is 5.97 Å². The molecule has 1 unspecified atom stereocenters. The fraction of sp³-hybridized carbons (Fsp3) is 0.846. The van der Waals surface area contributed by atoms with Crippen molar-refractivity contribution in [3.63, 3.8) is 0 Å². The van der Waals surface area contributed by atoms with Crippen LogP contribution >= 0.6 is 0 Å². The first-order valence-corrected chi connectivity index (χ1v) is 6.81. The fourth-order valence-electron chi connectivity index (χ4n) is 2.30. The van der Waals surface area contributed by atoms with Crippen molar-refractivity contribution in [3.8, 4) is 0 Å². The van der Waals surface area contributed by atoms with Gasteiger partial charge in [0.05, 0.1) is 5.92 Å². The van der Waals surface area contributed by atoms with Gasteiger partial charge in [-0.05, 0) is 39.0 Å². The quantitative estimate of drug-likeness (QED) is 0.681. The first-order valence-electron chi connectivity index (χ1n) is 6.81. The molecule has 0 bridgehead atoms. The molecule has 0 heterocycles. The van der Waals surface area contributed by atoms with E-state index in [4.69, 9.17) is 9.84 Å². The number of carbonyl (C=O) groups excluding carboxylic acids is 1. The Morgan fingerprint density at radius 2 is 1.95 bits per heavy atom. The Bertz CT molecular complexity index is 301. The van der Waals surface area contributed by atoms with E-state index in [0.29, 0.717) is 19.4 Å². The number of amides is 2. The predicted octanol–water partition coefficient (Wildman–Crippen LogP) is 1.35. The third kappa shape index (κ3) is 5.92. The van der Waals surface area contributed by atoms with Gasteiger partial charge < -0.3 is 20.5 Å². The second-order valence-corrected chi connectivity index (χ2v) is 5.19. The lowest BCUT2D eigenvalue weighted by Gasteiger charge is -2.27. The first-order chi connectivity index (χ1) is 9.02. The molecule has 110 valence electrons. The third-order valence-corrected chi connectivity index (χ3v) is 3.54. The second kappa shape index (κ2) is 7.99. The number of rotatable bonds is 6. The molecule has 3 N–H and O–H groups in total. The van der Waals surface area contributed by atoms with E-state index in [-0.39, 0.29) is 24.0 Å². The van der Waals surface area contributed by atoms with Gasteiger partial charge in [0.1, 0.15) is 0 Å². The lowest BCUT2D eigenvalue weighted by Crippen LogP contribution is -2.47. The smallest absolute Gasteiger partial charge is 0.315 e. The Labute approximate surface area is 113 Å². The summed E-state index contributed by atoms with van der Waals surface area (Å²) in [7, 11) is 1.63. The van der Waals surface area contributed by atoms with Crippen molar-refractivity contribution in [1.82, 2.24) is 10.6 Å². The standard InChI is InChI=1S/C13H24N2O4/c1-9(7-8-19-2)14-13(18)15-11-5-3-10(4-6-11)12(16)17/h9-11H,3-8H2,1-2H3,(H,16,17)(H2,14,15,18). The fourth-order valence-corrected chi connectivity index (χ4v) is 2.30.